The third-order valence-electron chi connectivity index (χ3n) is 14.7. The Kier molecular flexibility index (Phi) is 20.9. The van der Waals surface area contributed by atoms with Gasteiger partial charge in [-0.05, 0) is 61.8 Å². The third-order valence-corrected chi connectivity index (χ3v) is 17.1. The molecule has 10 atom stereocenters. The molecule has 24 nitrogen and oxygen atoms in total. The van der Waals surface area contributed by atoms with Gasteiger partial charge in [0, 0.05) is 39.7 Å². The van der Waals surface area contributed by atoms with Crippen LogP contribution in [0.5, 0.6) is 0 Å². The molecule has 2 aliphatic heterocycles. The Balaban J connectivity index is 1.43. The van der Waals surface area contributed by atoms with Crippen molar-refractivity contribution in [1.29, 1.82) is 0 Å². The number of nitrogens with zero attached hydrogens (tertiary/aromatic N) is 8. The van der Waals surface area contributed by atoms with E-state index in [1.165, 1.54) is 54.4 Å². The van der Waals surface area contributed by atoms with Crippen LogP contribution in [0.1, 0.15) is 76.4 Å². The first kappa shape index (κ1) is 61.7. The van der Waals surface area contributed by atoms with Crippen LogP contribution in [0, 0.1) is 23.7 Å². The summed E-state index contributed by atoms with van der Waals surface area (Å²) in [5.74, 6) is -10.7. The number of cyclic esters (lactones) is 2. The van der Waals surface area contributed by atoms with Crippen LogP contribution in [-0.2, 0) is 47.8 Å². The Morgan fingerprint density at radius 3 is 1.21 bits per heavy atom. The second kappa shape index (κ2) is 27.1. The number of carbonyl (C=O) groups is 10. The van der Waals surface area contributed by atoms with Crippen LogP contribution >= 0.6 is 21.6 Å². The van der Waals surface area contributed by atoms with Crippen LogP contribution in [0.2, 0.25) is 0 Å². The molecule has 6 rings (SSSR count). The molecule has 4 N–H and O–H groups in total. The van der Waals surface area contributed by atoms with Crippen molar-refractivity contribution in [1.82, 2.24) is 60.8 Å². The van der Waals surface area contributed by atoms with E-state index >= 15 is 9.59 Å². The summed E-state index contributed by atoms with van der Waals surface area (Å²) in [6.07, 6.45) is 2.42. The van der Waals surface area contributed by atoms with Crippen molar-refractivity contribution < 1.29 is 57.4 Å². The molecule has 26 heteroatoms. The zero-order valence-corrected chi connectivity index (χ0v) is 48.5. The van der Waals surface area contributed by atoms with Gasteiger partial charge in [-0.15, -0.1) is 0 Å². The highest BCUT2D eigenvalue weighted by molar-refractivity contribution is 8.76. The summed E-state index contributed by atoms with van der Waals surface area (Å²) < 4.78 is 11.7. The van der Waals surface area contributed by atoms with Gasteiger partial charge in [0.1, 0.15) is 72.9 Å². The molecule has 2 aromatic carbocycles. The molecule has 2 aromatic heterocycles. The smallest absolute Gasteiger partial charge is 0.329 e. The maximum atomic E-state index is 15.1. The van der Waals surface area contributed by atoms with Crippen LogP contribution < -0.4 is 21.3 Å². The van der Waals surface area contributed by atoms with E-state index in [9.17, 15) is 38.4 Å². The molecule has 2 bridgehead atoms. The van der Waals surface area contributed by atoms with Crippen LogP contribution in [-0.4, -0.2) is 200 Å². The zero-order valence-electron chi connectivity index (χ0n) is 46.8. The Bertz CT molecular complexity index is 2810. The first-order chi connectivity index (χ1) is 37.8. The number of hydrogen-bond donors (Lipinski definition) is 4. The molecular formula is C54H70N12O12S2. The first-order valence-corrected chi connectivity index (χ1v) is 28.6. The van der Waals surface area contributed by atoms with E-state index in [4.69, 9.17) is 9.47 Å². The van der Waals surface area contributed by atoms with Gasteiger partial charge < -0.3 is 50.3 Å². The van der Waals surface area contributed by atoms with Crippen molar-refractivity contribution in [2.24, 2.45) is 23.7 Å². The first-order valence-electron chi connectivity index (χ1n) is 26.1. The fourth-order valence-electron chi connectivity index (χ4n) is 8.98. The van der Waals surface area contributed by atoms with Crippen molar-refractivity contribution in [2.75, 3.05) is 52.9 Å². The summed E-state index contributed by atoms with van der Waals surface area (Å²) in [5.41, 5.74) is 1.39. The third kappa shape index (κ3) is 14.5. The lowest BCUT2D eigenvalue weighted by Gasteiger charge is -2.39. The topological polar surface area (TPSA) is 302 Å². The van der Waals surface area contributed by atoms with Crippen molar-refractivity contribution in [3.8, 4) is 0 Å². The number of nitrogens with one attached hydrogen (secondary N) is 4. The molecule has 0 saturated carbocycles. The second-order valence-electron chi connectivity index (χ2n) is 20.8. The SMILES string of the molecule is CC(C)C(C)[C@H]1C(=O)OC[C@@H](NC(=O)c2cnc3ccccc3n2)C(=O)N[C@@H](C)C(=O)N(C)[C@@H]2CSSC[C@H](C(=O)N1C)N(C)C(=O)[C@H](C)NC(=O)[C@H](NC(=O)c1cnc3ccccc3n1)COC(=O)[C@H](C(C)C(C)C)N(C)C2=O. The molecule has 2 fully saturated rings. The summed E-state index contributed by atoms with van der Waals surface area (Å²) in [6.45, 7) is 11.9. The highest BCUT2D eigenvalue weighted by Crippen LogP contribution is 2.30. The summed E-state index contributed by atoms with van der Waals surface area (Å²) in [5, 5.41) is 10.3. The van der Waals surface area contributed by atoms with Gasteiger partial charge in [-0.2, -0.15) is 0 Å². The minimum Gasteiger partial charge on any atom is -0.461 e. The van der Waals surface area contributed by atoms with Crippen LogP contribution in [0.4, 0.5) is 0 Å². The van der Waals surface area contributed by atoms with Crippen molar-refractivity contribution in [2.45, 2.75) is 104 Å². The number of rotatable bonds is 8. The Labute approximate surface area is 471 Å². The number of amides is 8. The van der Waals surface area contributed by atoms with E-state index in [1.54, 1.807) is 62.4 Å². The summed E-state index contributed by atoms with van der Waals surface area (Å²) in [4.78, 5) is 167. The largest absolute Gasteiger partial charge is 0.461 e. The lowest BCUT2D eigenvalue weighted by Crippen LogP contribution is -2.61. The predicted octanol–water partition coefficient (Wildman–Crippen LogP) is 1.87. The number of para-hydroxylation sites is 4. The number of hydrogen-bond acceptors (Lipinski definition) is 18. The summed E-state index contributed by atoms with van der Waals surface area (Å²) in [6, 6.07) is 2.06. The molecule has 2 unspecified atom stereocenters. The number of carbonyl (C=O) groups excluding carboxylic acids is 10. The Hall–Kier alpha value is -7.48. The quantitative estimate of drug-likeness (QED) is 0.145. The van der Waals surface area contributed by atoms with E-state index in [0.29, 0.717) is 22.1 Å². The van der Waals surface area contributed by atoms with Crippen molar-refractivity contribution >= 4 is 103 Å². The van der Waals surface area contributed by atoms with Crippen molar-refractivity contribution in [3.63, 3.8) is 0 Å². The molecule has 430 valence electrons. The van der Waals surface area contributed by atoms with Crippen LogP contribution in [0.3, 0.4) is 0 Å². The highest BCUT2D eigenvalue weighted by atomic mass is 33.1. The van der Waals surface area contributed by atoms with E-state index < -0.39 is 133 Å². The normalized spacial score (nSPS) is 24.9. The summed E-state index contributed by atoms with van der Waals surface area (Å²) >= 11 is 0. The average molecular weight is 1140 g/mol. The summed E-state index contributed by atoms with van der Waals surface area (Å²) in [7, 11) is 7.59. The standard InChI is InChI=1S/C54H70N12O12S2/c1-27(2)29(5)43-53(75)77-23-39(61-45(67)37-21-55-33-17-13-15-19-35(33)59-37)47(69)57-32(8)50(72)64(10)42-26-80-79-25-41(51(73)65(43)11)63(9)49(71)31(7)58-48(70)40(24-78-54(76)44(30(6)28(3)4)66(12)52(42)74)62-46(68)38-22-56-34-18-14-16-20-36(34)60-38/h13-22,27-32,39-44H,23-26H2,1-12H3,(H,57,69)(H,58,70)(H,61,67)(H,62,68)/t29?,30?,31-,32-,39+,40+,41+,42+,43-,44-/m0/s1. The Morgan fingerprint density at radius 2 is 0.875 bits per heavy atom. The lowest BCUT2D eigenvalue weighted by atomic mass is 9.89. The van der Waals surface area contributed by atoms with Gasteiger partial charge in [-0.3, -0.25) is 48.3 Å². The van der Waals surface area contributed by atoms with Gasteiger partial charge in [0.15, 0.2) is 0 Å². The van der Waals surface area contributed by atoms with Gasteiger partial charge in [0.25, 0.3) is 11.8 Å². The van der Waals surface area contributed by atoms with Crippen LogP contribution in [0.25, 0.3) is 22.1 Å². The second-order valence-corrected chi connectivity index (χ2v) is 23.3. The van der Waals surface area contributed by atoms with Gasteiger partial charge in [0.2, 0.25) is 35.4 Å². The van der Waals surface area contributed by atoms with E-state index in [2.05, 4.69) is 41.2 Å². The minimum absolute atomic E-state index is 0.161. The van der Waals surface area contributed by atoms with E-state index in [-0.39, 0.29) is 34.7 Å². The molecular weight excluding hydrogens is 1070 g/mol. The molecule has 4 aromatic rings. The lowest BCUT2D eigenvalue weighted by molar-refractivity contribution is -0.161. The molecule has 0 radical (unpaired) electrons. The van der Waals surface area contributed by atoms with Gasteiger partial charge >= 0.3 is 11.9 Å². The van der Waals surface area contributed by atoms with Gasteiger partial charge in [0.05, 0.1) is 34.5 Å². The molecule has 8 amide bonds. The van der Waals surface area contributed by atoms with Gasteiger partial charge in [-0.25, -0.2) is 19.6 Å². The molecule has 2 aliphatic rings. The zero-order chi connectivity index (χ0) is 58.9. The average Bonchev–Trinajstić information content (AvgIpc) is 3.48. The molecule has 0 aliphatic carbocycles. The number of ether oxygens (including phenoxy) is 2. The van der Waals surface area contributed by atoms with Gasteiger partial charge in [-0.1, -0.05) is 87.4 Å². The molecule has 2 saturated heterocycles. The Morgan fingerprint density at radius 1 is 0.537 bits per heavy atom. The maximum Gasteiger partial charge on any atom is 0.329 e. The molecule has 80 heavy (non-hydrogen) atoms. The fraction of sp³-hybridized carbons (Fsp3) is 0.519. The number of fused-ring (bicyclic) bond motifs is 7. The molecule has 0 spiro atoms. The number of benzene rings is 2. The molecule has 4 heterocycles. The monoisotopic (exact) mass is 1140 g/mol. The van der Waals surface area contributed by atoms with E-state index in [1.807, 2.05) is 27.7 Å². The van der Waals surface area contributed by atoms with Crippen LogP contribution in [0.15, 0.2) is 60.9 Å². The minimum atomic E-state index is -1.66. The predicted molar refractivity (Wildman–Crippen MR) is 298 cm³/mol. The van der Waals surface area contributed by atoms with Crippen molar-refractivity contribution in [3.05, 3.63) is 72.3 Å². The number of esters is 2. The highest BCUT2D eigenvalue weighted by Gasteiger charge is 2.44. The fourth-order valence-corrected chi connectivity index (χ4v) is 11.5. The number of likely N-dealkylation sites (N-methyl/N-ethyl adjacent to an activating group) is 4. The number of aromatic nitrogens is 4. The maximum absolute atomic E-state index is 15.1. The van der Waals surface area contributed by atoms with E-state index in [0.717, 1.165) is 41.2 Å².